The lowest BCUT2D eigenvalue weighted by atomic mass is 9.89. The Morgan fingerprint density at radius 1 is 1.20 bits per heavy atom. The van der Waals surface area contributed by atoms with E-state index < -0.39 is 0 Å². The third kappa shape index (κ3) is 4.23. The normalized spacial score (nSPS) is 17.8. The summed E-state index contributed by atoms with van der Waals surface area (Å²) in [7, 11) is 1.66. The monoisotopic (exact) mass is 356 g/mol. The molecule has 0 amide bonds. The van der Waals surface area contributed by atoms with Crippen LogP contribution in [0.15, 0.2) is 42.5 Å². The minimum atomic E-state index is -0.281. The van der Waals surface area contributed by atoms with Gasteiger partial charge in [-0.3, -0.25) is 0 Å². The second-order valence-corrected chi connectivity index (χ2v) is 7.39. The van der Waals surface area contributed by atoms with E-state index in [1.165, 1.54) is 5.56 Å². The van der Waals surface area contributed by atoms with Crippen LogP contribution in [-0.4, -0.2) is 17.8 Å². The Morgan fingerprint density at radius 2 is 1.92 bits per heavy atom. The lowest BCUT2D eigenvalue weighted by Gasteiger charge is -2.38. The maximum absolute atomic E-state index is 6.12. The fourth-order valence-electron chi connectivity index (χ4n) is 3.05. The summed E-state index contributed by atoms with van der Waals surface area (Å²) in [6.07, 6.45) is 0.821. The fraction of sp³-hybridized carbons (Fsp3) is 0.350. The van der Waals surface area contributed by atoms with Crippen LogP contribution in [-0.2, 0) is 0 Å². The molecule has 2 N–H and O–H groups in total. The van der Waals surface area contributed by atoms with Gasteiger partial charge in [0.25, 0.3) is 0 Å². The molecule has 0 saturated heterocycles. The lowest BCUT2D eigenvalue weighted by molar-refractivity contribution is 0.0693. The van der Waals surface area contributed by atoms with Crippen LogP contribution in [0.2, 0.25) is 0 Å². The highest BCUT2D eigenvalue weighted by molar-refractivity contribution is 7.80. The van der Waals surface area contributed by atoms with Gasteiger partial charge in [-0.15, -0.1) is 0 Å². The number of nitrogens with one attached hydrogen (secondary N) is 2. The van der Waals surface area contributed by atoms with E-state index in [9.17, 15) is 0 Å². The Morgan fingerprint density at radius 3 is 2.60 bits per heavy atom. The molecule has 3 rings (SSSR count). The molecule has 1 aliphatic rings. The summed E-state index contributed by atoms with van der Waals surface area (Å²) in [6.45, 7) is 6.23. The van der Waals surface area contributed by atoms with Gasteiger partial charge in [-0.25, -0.2) is 0 Å². The van der Waals surface area contributed by atoms with E-state index in [1.807, 2.05) is 30.3 Å². The number of rotatable bonds is 3. The van der Waals surface area contributed by atoms with Crippen LogP contribution in [0.25, 0.3) is 0 Å². The Bertz CT molecular complexity index is 772. The predicted octanol–water partition coefficient (Wildman–Crippen LogP) is 4.59. The maximum atomic E-state index is 6.12. The van der Waals surface area contributed by atoms with E-state index >= 15 is 0 Å². The quantitative estimate of drug-likeness (QED) is 0.787. The van der Waals surface area contributed by atoms with Crippen molar-refractivity contribution in [1.82, 2.24) is 5.32 Å². The van der Waals surface area contributed by atoms with Crippen molar-refractivity contribution in [3.63, 3.8) is 0 Å². The summed E-state index contributed by atoms with van der Waals surface area (Å²) in [6, 6.07) is 14.2. The first-order valence-corrected chi connectivity index (χ1v) is 8.78. The van der Waals surface area contributed by atoms with E-state index in [1.54, 1.807) is 7.11 Å². The van der Waals surface area contributed by atoms with Gasteiger partial charge in [0.1, 0.15) is 17.1 Å². The molecule has 2 aromatic rings. The number of ether oxygens (including phenoxy) is 2. The summed E-state index contributed by atoms with van der Waals surface area (Å²) in [5, 5.41) is 7.29. The Balaban J connectivity index is 1.77. The summed E-state index contributed by atoms with van der Waals surface area (Å²) in [5.74, 6) is 1.63. The zero-order valence-electron chi connectivity index (χ0n) is 15.1. The number of aryl methyl sites for hydroxylation is 1. The lowest BCUT2D eigenvalue weighted by Crippen LogP contribution is -2.42. The van der Waals surface area contributed by atoms with Crippen LogP contribution in [0.4, 0.5) is 5.69 Å². The Kier molecular flexibility index (Phi) is 4.86. The van der Waals surface area contributed by atoms with Crippen molar-refractivity contribution in [2.45, 2.75) is 38.8 Å². The first-order valence-electron chi connectivity index (χ1n) is 8.37. The second kappa shape index (κ2) is 6.92. The second-order valence-electron chi connectivity index (χ2n) is 6.99. The summed E-state index contributed by atoms with van der Waals surface area (Å²) in [5.41, 5.74) is 3.01. The first kappa shape index (κ1) is 17.5. The van der Waals surface area contributed by atoms with Gasteiger partial charge in [0.15, 0.2) is 5.11 Å². The Hall–Kier alpha value is -2.27. The van der Waals surface area contributed by atoms with Crippen molar-refractivity contribution in [1.29, 1.82) is 0 Å². The van der Waals surface area contributed by atoms with Crippen LogP contribution < -0.4 is 20.1 Å². The minimum Gasteiger partial charge on any atom is -0.497 e. The van der Waals surface area contributed by atoms with Gasteiger partial charge in [0.2, 0.25) is 0 Å². The van der Waals surface area contributed by atoms with Crippen LogP contribution >= 0.6 is 12.2 Å². The van der Waals surface area contributed by atoms with Gasteiger partial charge < -0.3 is 20.1 Å². The van der Waals surface area contributed by atoms with Crippen molar-refractivity contribution in [2.75, 3.05) is 12.4 Å². The van der Waals surface area contributed by atoms with E-state index in [-0.39, 0.29) is 11.6 Å². The third-order valence-electron chi connectivity index (χ3n) is 4.29. The molecule has 0 radical (unpaired) electrons. The Labute approximate surface area is 154 Å². The van der Waals surface area contributed by atoms with Gasteiger partial charge in [-0.2, -0.15) is 0 Å². The number of benzene rings is 2. The molecule has 5 heteroatoms. The first-order chi connectivity index (χ1) is 11.9. The van der Waals surface area contributed by atoms with Crippen LogP contribution in [0.5, 0.6) is 11.5 Å². The van der Waals surface area contributed by atoms with Crippen molar-refractivity contribution >= 4 is 23.0 Å². The third-order valence-corrected chi connectivity index (χ3v) is 4.51. The molecule has 25 heavy (non-hydrogen) atoms. The largest absolute Gasteiger partial charge is 0.497 e. The number of fused-ring (bicyclic) bond motifs is 1. The van der Waals surface area contributed by atoms with Gasteiger partial charge in [0, 0.05) is 23.7 Å². The van der Waals surface area contributed by atoms with Gasteiger partial charge in [-0.1, -0.05) is 17.7 Å². The van der Waals surface area contributed by atoms with Crippen molar-refractivity contribution in [3.8, 4) is 11.5 Å². The molecule has 0 aliphatic carbocycles. The molecule has 2 aromatic carbocycles. The predicted molar refractivity (Wildman–Crippen MR) is 106 cm³/mol. The van der Waals surface area contributed by atoms with E-state index in [0.29, 0.717) is 5.11 Å². The highest BCUT2D eigenvalue weighted by Gasteiger charge is 2.34. The molecule has 0 bridgehead atoms. The van der Waals surface area contributed by atoms with Gasteiger partial charge >= 0.3 is 0 Å². The number of thiocarbonyl (C=S) groups is 1. The molecule has 0 unspecified atom stereocenters. The smallest absolute Gasteiger partial charge is 0.171 e. The maximum Gasteiger partial charge on any atom is 0.171 e. The summed E-state index contributed by atoms with van der Waals surface area (Å²) in [4.78, 5) is 0. The van der Waals surface area contributed by atoms with Crippen molar-refractivity contribution in [3.05, 3.63) is 53.6 Å². The molecule has 0 fully saturated rings. The fourth-order valence-corrected chi connectivity index (χ4v) is 3.31. The molecule has 0 aromatic heterocycles. The van der Waals surface area contributed by atoms with Crippen molar-refractivity contribution in [2.24, 2.45) is 0 Å². The van der Waals surface area contributed by atoms with Gasteiger partial charge in [0.05, 0.1) is 13.2 Å². The van der Waals surface area contributed by atoms with E-state index in [0.717, 1.165) is 29.2 Å². The molecule has 1 aliphatic heterocycles. The minimum absolute atomic E-state index is 0.0788. The topological polar surface area (TPSA) is 42.5 Å². The summed E-state index contributed by atoms with van der Waals surface area (Å²) >= 11 is 5.51. The zero-order chi connectivity index (χ0) is 18.0. The molecule has 0 saturated carbocycles. The average molecular weight is 356 g/mol. The SMILES string of the molecule is COc1ccc2c(c1)OC(C)(C)C[C@H]2NC(=S)Nc1ccc(C)cc1. The molecule has 1 heterocycles. The molecule has 132 valence electrons. The molecular weight excluding hydrogens is 332 g/mol. The highest BCUT2D eigenvalue weighted by atomic mass is 32.1. The number of hydrogen-bond acceptors (Lipinski definition) is 3. The van der Waals surface area contributed by atoms with Crippen LogP contribution in [0, 0.1) is 6.92 Å². The number of hydrogen-bond donors (Lipinski definition) is 2. The van der Waals surface area contributed by atoms with E-state index in [2.05, 4.69) is 43.5 Å². The number of methoxy groups -OCH3 is 1. The average Bonchev–Trinajstić information content (AvgIpc) is 2.55. The molecular formula is C20H24N2O2S. The van der Waals surface area contributed by atoms with E-state index in [4.69, 9.17) is 21.7 Å². The molecule has 4 nitrogen and oxygen atoms in total. The summed E-state index contributed by atoms with van der Waals surface area (Å²) < 4.78 is 11.4. The zero-order valence-corrected chi connectivity index (χ0v) is 15.9. The number of anilines is 1. The van der Waals surface area contributed by atoms with Gasteiger partial charge in [-0.05, 0) is 57.3 Å². The highest BCUT2D eigenvalue weighted by Crippen LogP contribution is 2.41. The molecule has 0 spiro atoms. The van der Waals surface area contributed by atoms with Crippen molar-refractivity contribution < 1.29 is 9.47 Å². The standard InChI is InChI=1S/C20H24N2O2S/c1-13-5-7-14(8-6-13)21-19(25)22-17-12-20(2,3)24-18-11-15(23-4)9-10-16(17)18/h5-11,17H,12H2,1-4H3,(H2,21,22,25)/t17-/m1/s1. The van der Waals surface area contributed by atoms with Crippen LogP contribution in [0.3, 0.4) is 0 Å². The molecule has 1 atom stereocenters. The van der Waals surface area contributed by atoms with Crippen LogP contribution in [0.1, 0.15) is 37.4 Å².